The summed E-state index contributed by atoms with van der Waals surface area (Å²) in [7, 11) is 0. The van der Waals surface area contributed by atoms with E-state index in [4.69, 9.17) is 4.74 Å². The van der Waals surface area contributed by atoms with E-state index in [2.05, 4.69) is 5.10 Å². The second-order valence-electron chi connectivity index (χ2n) is 3.85. The molecule has 1 aromatic heterocycles. The molecule has 5 heteroatoms. The fraction of sp³-hybridized carbons (Fsp3) is 0.636. The molecule has 1 atom stereocenters. The Balaban J connectivity index is 2.55. The van der Waals surface area contributed by atoms with Gasteiger partial charge in [-0.05, 0) is 26.8 Å². The lowest BCUT2D eigenvalue weighted by molar-refractivity contribution is -0.152. The van der Waals surface area contributed by atoms with Crippen molar-refractivity contribution in [2.24, 2.45) is 0 Å². The lowest BCUT2D eigenvalue weighted by Crippen LogP contribution is -2.25. The van der Waals surface area contributed by atoms with Crippen LogP contribution in [0.5, 0.6) is 0 Å². The molecule has 0 fully saturated rings. The SMILES string of the molecule is CCOC(=O)C(O)Cc1ccn(C(C)C)n1. The van der Waals surface area contributed by atoms with Gasteiger partial charge in [-0.3, -0.25) is 4.68 Å². The minimum Gasteiger partial charge on any atom is -0.464 e. The molecule has 1 rings (SSSR count). The van der Waals surface area contributed by atoms with Crippen LogP contribution in [0.3, 0.4) is 0 Å². The van der Waals surface area contributed by atoms with Gasteiger partial charge >= 0.3 is 5.97 Å². The van der Waals surface area contributed by atoms with Crippen molar-refractivity contribution in [3.63, 3.8) is 0 Å². The monoisotopic (exact) mass is 226 g/mol. The highest BCUT2D eigenvalue weighted by Gasteiger charge is 2.18. The zero-order chi connectivity index (χ0) is 12.1. The Bertz CT molecular complexity index is 347. The van der Waals surface area contributed by atoms with Gasteiger partial charge in [0.1, 0.15) is 0 Å². The first kappa shape index (κ1) is 12.7. The molecule has 5 nitrogen and oxygen atoms in total. The highest BCUT2D eigenvalue weighted by atomic mass is 16.5. The average Bonchev–Trinajstić information content (AvgIpc) is 2.66. The minimum atomic E-state index is -1.13. The van der Waals surface area contributed by atoms with Crippen molar-refractivity contribution >= 4 is 5.97 Å². The first-order valence-electron chi connectivity index (χ1n) is 5.43. The summed E-state index contributed by atoms with van der Waals surface area (Å²) >= 11 is 0. The molecule has 1 heterocycles. The fourth-order valence-electron chi connectivity index (χ4n) is 1.29. The van der Waals surface area contributed by atoms with Crippen LogP contribution >= 0.6 is 0 Å². The molecule has 0 saturated heterocycles. The number of carbonyl (C=O) groups excluding carboxylic acids is 1. The first-order chi connectivity index (χ1) is 7.54. The molecule has 1 unspecified atom stereocenters. The van der Waals surface area contributed by atoms with E-state index in [1.807, 2.05) is 20.0 Å². The van der Waals surface area contributed by atoms with E-state index in [9.17, 15) is 9.90 Å². The zero-order valence-electron chi connectivity index (χ0n) is 9.88. The van der Waals surface area contributed by atoms with E-state index in [0.29, 0.717) is 5.69 Å². The largest absolute Gasteiger partial charge is 0.464 e. The van der Waals surface area contributed by atoms with Crippen LogP contribution in [0.2, 0.25) is 0 Å². The summed E-state index contributed by atoms with van der Waals surface area (Å²) in [6, 6.07) is 2.07. The van der Waals surface area contributed by atoms with Gasteiger partial charge in [0.25, 0.3) is 0 Å². The fourth-order valence-corrected chi connectivity index (χ4v) is 1.29. The Morgan fingerprint density at radius 1 is 1.62 bits per heavy atom. The van der Waals surface area contributed by atoms with Crippen molar-refractivity contribution in [3.05, 3.63) is 18.0 Å². The van der Waals surface area contributed by atoms with Crippen LogP contribution in [-0.2, 0) is 16.0 Å². The normalized spacial score (nSPS) is 12.8. The van der Waals surface area contributed by atoms with E-state index < -0.39 is 12.1 Å². The molecule has 0 spiro atoms. The second-order valence-corrected chi connectivity index (χ2v) is 3.85. The molecule has 0 aromatic carbocycles. The third-order valence-electron chi connectivity index (χ3n) is 2.15. The number of carbonyl (C=O) groups is 1. The van der Waals surface area contributed by atoms with E-state index in [1.54, 1.807) is 17.7 Å². The summed E-state index contributed by atoms with van der Waals surface area (Å²) in [6.07, 6.45) is 0.895. The molecule has 0 amide bonds. The van der Waals surface area contributed by atoms with Crippen LogP contribution in [0.15, 0.2) is 12.3 Å². The molecule has 16 heavy (non-hydrogen) atoms. The maximum Gasteiger partial charge on any atom is 0.335 e. The number of hydrogen-bond donors (Lipinski definition) is 1. The topological polar surface area (TPSA) is 64.3 Å². The van der Waals surface area contributed by atoms with Crippen LogP contribution in [0, 0.1) is 0 Å². The zero-order valence-corrected chi connectivity index (χ0v) is 9.88. The minimum absolute atomic E-state index is 0.193. The lowest BCUT2D eigenvalue weighted by Gasteiger charge is -2.08. The van der Waals surface area contributed by atoms with Gasteiger partial charge in [-0.25, -0.2) is 4.79 Å². The van der Waals surface area contributed by atoms with Crippen LogP contribution in [0.25, 0.3) is 0 Å². The number of aliphatic hydroxyl groups excluding tert-OH is 1. The molecule has 1 aromatic rings. The Kier molecular flexibility index (Phi) is 4.49. The summed E-state index contributed by atoms with van der Waals surface area (Å²) in [5, 5.41) is 13.8. The summed E-state index contributed by atoms with van der Waals surface area (Å²) in [4.78, 5) is 11.2. The Morgan fingerprint density at radius 3 is 2.81 bits per heavy atom. The van der Waals surface area contributed by atoms with Gasteiger partial charge in [-0.1, -0.05) is 0 Å². The van der Waals surface area contributed by atoms with Crippen molar-refractivity contribution in [3.8, 4) is 0 Å². The smallest absolute Gasteiger partial charge is 0.335 e. The Hall–Kier alpha value is -1.36. The van der Waals surface area contributed by atoms with Gasteiger partial charge < -0.3 is 9.84 Å². The molecule has 0 aliphatic rings. The van der Waals surface area contributed by atoms with Crippen LogP contribution in [-0.4, -0.2) is 33.6 Å². The molecule has 0 saturated carbocycles. The number of esters is 1. The molecule has 1 N–H and O–H groups in total. The summed E-state index contributed by atoms with van der Waals surface area (Å²) in [6.45, 7) is 6.01. The molecule has 90 valence electrons. The van der Waals surface area contributed by atoms with Crippen molar-refractivity contribution in [1.29, 1.82) is 0 Å². The van der Waals surface area contributed by atoms with Gasteiger partial charge in [0.2, 0.25) is 0 Å². The standard InChI is InChI=1S/C11H18N2O3/c1-4-16-11(15)10(14)7-9-5-6-13(12-9)8(2)3/h5-6,8,10,14H,4,7H2,1-3H3. The third kappa shape index (κ3) is 3.34. The molecule has 0 radical (unpaired) electrons. The predicted molar refractivity (Wildman–Crippen MR) is 59.0 cm³/mol. The van der Waals surface area contributed by atoms with Crippen LogP contribution in [0.4, 0.5) is 0 Å². The number of ether oxygens (including phenoxy) is 1. The Morgan fingerprint density at radius 2 is 2.31 bits per heavy atom. The van der Waals surface area contributed by atoms with E-state index in [0.717, 1.165) is 0 Å². The highest BCUT2D eigenvalue weighted by Crippen LogP contribution is 2.06. The number of aromatic nitrogens is 2. The molecule has 0 bridgehead atoms. The van der Waals surface area contributed by atoms with Gasteiger partial charge in [0, 0.05) is 18.7 Å². The molecule has 0 aliphatic carbocycles. The highest BCUT2D eigenvalue weighted by molar-refractivity contribution is 5.74. The average molecular weight is 226 g/mol. The van der Waals surface area contributed by atoms with E-state index in [-0.39, 0.29) is 19.1 Å². The van der Waals surface area contributed by atoms with E-state index in [1.165, 1.54) is 0 Å². The molecule has 0 aliphatic heterocycles. The second kappa shape index (κ2) is 5.65. The summed E-state index contributed by atoms with van der Waals surface area (Å²) in [5.74, 6) is -0.596. The van der Waals surface area contributed by atoms with Crippen molar-refractivity contribution in [2.45, 2.75) is 39.3 Å². The summed E-state index contributed by atoms with van der Waals surface area (Å²) in [5.41, 5.74) is 0.689. The van der Waals surface area contributed by atoms with Crippen molar-refractivity contribution < 1.29 is 14.6 Å². The van der Waals surface area contributed by atoms with Crippen LogP contribution in [0.1, 0.15) is 32.5 Å². The van der Waals surface area contributed by atoms with Gasteiger partial charge in [-0.2, -0.15) is 5.10 Å². The third-order valence-corrected chi connectivity index (χ3v) is 2.15. The maximum atomic E-state index is 11.2. The first-order valence-corrected chi connectivity index (χ1v) is 5.43. The lowest BCUT2D eigenvalue weighted by atomic mass is 10.2. The predicted octanol–water partition coefficient (Wildman–Crippen LogP) is 0.930. The number of hydrogen-bond acceptors (Lipinski definition) is 4. The van der Waals surface area contributed by atoms with Gasteiger partial charge in [0.05, 0.1) is 12.3 Å². The van der Waals surface area contributed by atoms with Crippen molar-refractivity contribution in [2.75, 3.05) is 6.61 Å². The number of aliphatic hydroxyl groups is 1. The maximum absolute atomic E-state index is 11.2. The van der Waals surface area contributed by atoms with E-state index >= 15 is 0 Å². The van der Waals surface area contributed by atoms with Gasteiger partial charge in [0.15, 0.2) is 6.10 Å². The van der Waals surface area contributed by atoms with Crippen molar-refractivity contribution in [1.82, 2.24) is 9.78 Å². The van der Waals surface area contributed by atoms with Crippen LogP contribution < -0.4 is 0 Å². The molecular formula is C11H18N2O3. The Labute approximate surface area is 95.0 Å². The number of rotatable bonds is 5. The molecular weight excluding hydrogens is 208 g/mol. The van der Waals surface area contributed by atoms with Gasteiger partial charge in [-0.15, -0.1) is 0 Å². The number of nitrogens with zero attached hydrogens (tertiary/aromatic N) is 2. The summed E-state index contributed by atoms with van der Waals surface area (Å²) < 4.78 is 6.49. The quantitative estimate of drug-likeness (QED) is 0.759.